The summed E-state index contributed by atoms with van der Waals surface area (Å²) in [6.45, 7) is 0. The molecule has 0 amide bonds. The van der Waals surface area contributed by atoms with Crippen molar-refractivity contribution < 1.29 is 13.2 Å². The number of nitrogens with one attached hydrogen (secondary N) is 2. The molecule has 3 nitrogen and oxygen atoms in total. The topological polar surface area (TPSA) is 37.0 Å². The van der Waals surface area contributed by atoms with E-state index < -0.39 is 11.7 Å². The van der Waals surface area contributed by atoms with Gasteiger partial charge in [0.1, 0.15) is 0 Å². The van der Waals surface area contributed by atoms with E-state index in [0.717, 1.165) is 11.8 Å². The van der Waals surface area contributed by atoms with Gasteiger partial charge in [0.15, 0.2) is 0 Å². The number of rotatable bonds is 3. The van der Waals surface area contributed by atoms with Crippen molar-refractivity contribution in [2.75, 3.05) is 10.9 Å². The second-order valence-corrected chi connectivity index (χ2v) is 4.67. The number of anilines is 2. The zero-order valence-corrected chi connectivity index (χ0v) is 11.4. The van der Waals surface area contributed by atoms with Crippen LogP contribution in [0.1, 0.15) is 5.56 Å². The number of hydrazine groups is 1. The van der Waals surface area contributed by atoms with E-state index in [1.165, 1.54) is 12.3 Å². The molecular weight excluding hydrogens is 291 g/mol. The molecule has 0 unspecified atom stereocenters. The summed E-state index contributed by atoms with van der Waals surface area (Å²) in [6.07, 6.45) is -3.08. The normalized spacial score (nSPS) is 11.4. The van der Waals surface area contributed by atoms with Crippen LogP contribution < -0.4 is 10.9 Å². The maximum absolute atomic E-state index is 13.0. The van der Waals surface area contributed by atoms with Gasteiger partial charge in [0.05, 0.1) is 22.5 Å². The average Bonchev–Trinajstić information content (AvgIpc) is 2.52. The minimum absolute atomic E-state index is 0.0742. The Balaban J connectivity index is 1.97. The highest BCUT2D eigenvalue weighted by Crippen LogP contribution is 2.35. The summed E-state index contributed by atoms with van der Waals surface area (Å²) in [4.78, 5) is 3.88. The van der Waals surface area contributed by atoms with Crippen LogP contribution in [-0.2, 0) is 6.18 Å². The molecule has 0 aliphatic rings. The summed E-state index contributed by atoms with van der Waals surface area (Å²) in [5, 5.41) is 0.403. The first kappa shape index (κ1) is 14.2. The van der Waals surface area contributed by atoms with E-state index in [9.17, 15) is 13.2 Å². The van der Waals surface area contributed by atoms with Crippen molar-refractivity contribution in [3.8, 4) is 0 Å². The molecule has 0 atom stereocenters. The molecule has 0 saturated carbocycles. The van der Waals surface area contributed by atoms with Crippen molar-refractivity contribution in [2.45, 2.75) is 6.18 Å². The molecule has 0 aliphatic carbocycles. The predicted octanol–water partition coefficient (Wildman–Crippen LogP) is 4.69. The summed E-state index contributed by atoms with van der Waals surface area (Å²) in [5.74, 6) is 0. The van der Waals surface area contributed by atoms with E-state index in [-0.39, 0.29) is 5.52 Å². The van der Waals surface area contributed by atoms with Gasteiger partial charge in [-0.1, -0.05) is 30.3 Å². The molecule has 0 saturated heterocycles. The number of para-hydroxylation sites is 2. The Morgan fingerprint density at radius 3 is 2.32 bits per heavy atom. The van der Waals surface area contributed by atoms with Gasteiger partial charge in [-0.3, -0.25) is 4.98 Å². The molecule has 112 valence electrons. The van der Waals surface area contributed by atoms with Gasteiger partial charge in [0.25, 0.3) is 0 Å². The number of benzene rings is 2. The fourth-order valence-electron chi connectivity index (χ4n) is 2.17. The van der Waals surface area contributed by atoms with E-state index in [1.54, 1.807) is 12.1 Å². The monoisotopic (exact) mass is 303 g/mol. The molecule has 0 bridgehead atoms. The summed E-state index contributed by atoms with van der Waals surface area (Å²) >= 11 is 0. The lowest BCUT2D eigenvalue weighted by Gasteiger charge is -2.14. The Morgan fingerprint density at radius 1 is 0.818 bits per heavy atom. The summed E-state index contributed by atoms with van der Waals surface area (Å²) < 4.78 is 39.1. The van der Waals surface area contributed by atoms with Crippen LogP contribution >= 0.6 is 0 Å². The summed E-state index contributed by atoms with van der Waals surface area (Å²) in [6, 6.07) is 14.9. The number of alkyl halides is 3. The molecule has 0 radical (unpaired) electrons. The van der Waals surface area contributed by atoms with Crippen molar-refractivity contribution in [1.82, 2.24) is 4.98 Å². The third kappa shape index (κ3) is 2.81. The SMILES string of the molecule is FC(F)(F)c1cccc2c(NNc3ccccc3)ccnc12. The summed E-state index contributed by atoms with van der Waals surface area (Å²) in [5.41, 5.74) is 6.39. The van der Waals surface area contributed by atoms with Crippen LogP contribution in [0.3, 0.4) is 0 Å². The van der Waals surface area contributed by atoms with Crippen molar-refractivity contribution >= 4 is 22.3 Å². The molecule has 6 heteroatoms. The molecule has 3 aromatic rings. The van der Waals surface area contributed by atoms with Crippen molar-refractivity contribution in [1.29, 1.82) is 0 Å². The smallest absolute Gasteiger partial charge is 0.301 e. The molecule has 22 heavy (non-hydrogen) atoms. The van der Waals surface area contributed by atoms with Crippen LogP contribution in [0.15, 0.2) is 60.8 Å². The Bertz CT molecular complexity index is 785. The second kappa shape index (κ2) is 5.55. The summed E-state index contributed by atoms with van der Waals surface area (Å²) in [7, 11) is 0. The number of pyridine rings is 1. The Hall–Kier alpha value is -2.76. The molecule has 0 aliphatic heterocycles. The number of hydrogen-bond acceptors (Lipinski definition) is 3. The van der Waals surface area contributed by atoms with Crippen molar-refractivity contribution in [3.63, 3.8) is 0 Å². The maximum Gasteiger partial charge on any atom is 0.418 e. The fourth-order valence-corrected chi connectivity index (χ4v) is 2.17. The largest absolute Gasteiger partial charge is 0.418 e. The van der Waals surface area contributed by atoms with Crippen LogP contribution in [-0.4, -0.2) is 4.98 Å². The number of halogens is 3. The van der Waals surface area contributed by atoms with E-state index in [1.807, 2.05) is 30.3 Å². The van der Waals surface area contributed by atoms with Crippen molar-refractivity contribution in [3.05, 3.63) is 66.4 Å². The van der Waals surface area contributed by atoms with Gasteiger partial charge in [0, 0.05) is 11.6 Å². The quantitative estimate of drug-likeness (QED) is 0.689. The first-order valence-corrected chi connectivity index (χ1v) is 6.58. The minimum Gasteiger partial charge on any atom is -0.301 e. The van der Waals surface area contributed by atoms with Gasteiger partial charge in [-0.25, -0.2) is 0 Å². The highest BCUT2D eigenvalue weighted by atomic mass is 19.4. The third-order valence-electron chi connectivity index (χ3n) is 3.19. The first-order chi connectivity index (χ1) is 10.6. The molecule has 2 aromatic carbocycles. The highest BCUT2D eigenvalue weighted by molar-refractivity contribution is 5.93. The molecule has 2 N–H and O–H groups in total. The lowest BCUT2D eigenvalue weighted by atomic mass is 10.1. The number of aromatic nitrogens is 1. The van der Waals surface area contributed by atoms with E-state index >= 15 is 0 Å². The number of nitrogens with zero attached hydrogens (tertiary/aromatic N) is 1. The van der Waals surface area contributed by atoms with Gasteiger partial charge in [-0.05, 0) is 24.3 Å². The molecule has 1 aromatic heterocycles. The number of fused-ring (bicyclic) bond motifs is 1. The zero-order valence-electron chi connectivity index (χ0n) is 11.4. The predicted molar refractivity (Wildman–Crippen MR) is 80.4 cm³/mol. The van der Waals surface area contributed by atoms with Gasteiger partial charge < -0.3 is 10.9 Å². The molecule has 0 spiro atoms. The van der Waals surface area contributed by atoms with Gasteiger partial charge in [-0.2, -0.15) is 13.2 Å². The maximum atomic E-state index is 13.0. The van der Waals surface area contributed by atoms with Gasteiger partial charge >= 0.3 is 6.18 Å². The van der Waals surface area contributed by atoms with Crippen molar-refractivity contribution in [2.24, 2.45) is 0 Å². The van der Waals surface area contributed by atoms with Gasteiger partial charge in [0.2, 0.25) is 0 Å². The lowest BCUT2D eigenvalue weighted by molar-refractivity contribution is -0.136. The third-order valence-corrected chi connectivity index (χ3v) is 3.19. The highest BCUT2D eigenvalue weighted by Gasteiger charge is 2.33. The second-order valence-electron chi connectivity index (χ2n) is 4.67. The molecule has 1 heterocycles. The fraction of sp³-hybridized carbons (Fsp3) is 0.0625. The Labute approximate surface area is 124 Å². The molecule has 3 rings (SSSR count). The van der Waals surface area contributed by atoms with Crippen LogP contribution in [0.2, 0.25) is 0 Å². The van der Waals surface area contributed by atoms with Crippen LogP contribution in [0.4, 0.5) is 24.5 Å². The minimum atomic E-state index is -4.43. The van der Waals surface area contributed by atoms with E-state index in [0.29, 0.717) is 11.1 Å². The van der Waals surface area contributed by atoms with Gasteiger partial charge in [-0.15, -0.1) is 0 Å². The number of hydrogen-bond donors (Lipinski definition) is 2. The van der Waals surface area contributed by atoms with E-state index in [2.05, 4.69) is 15.8 Å². The average molecular weight is 303 g/mol. The molecular formula is C16H12F3N3. The van der Waals surface area contributed by atoms with E-state index in [4.69, 9.17) is 0 Å². The van der Waals surface area contributed by atoms with Crippen LogP contribution in [0.25, 0.3) is 10.9 Å². The zero-order chi connectivity index (χ0) is 15.6. The molecule has 0 fully saturated rings. The lowest BCUT2D eigenvalue weighted by Crippen LogP contribution is -2.10. The first-order valence-electron chi connectivity index (χ1n) is 6.58. The standard InChI is InChI=1S/C16H12F3N3/c17-16(18,19)13-8-4-7-12-14(9-10-20-15(12)13)22-21-11-5-2-1-3-6-11/h1-10,21H,(H,20,22). The van der Waals surface area contributed by atoms with Crippen LogP contribution in [0, 0.1) is 0 Å². The Kier molecular flexibility index (Phi) is 3.58. The Morgan fingerprint density at radius 2 is 1.59 bits per heavy atom. The van der Waals surface area contributed by atoms with Crippen LogP contribution in [0.5, 0.6) is 0 Å².